The number of aromatic nitrogens is 3. The maximum Gasteiger partial charge on any atom is 0.316 e. The molecule has 6 nitrogen and oxygen atoms in total. The van der Waals surface area contributed by atoms with Crippen LogP contribution in [0.15, 0.2) is 54.9 Å². The number of pyridine rings is 1. The molecule has 0 radical (unpaired) electrons. The Labute approximate surface area is 146 Å². The molecule has 0 aliphatic carbocycles. The number of ether oxygens (including phenoxy) is 2. The van der Waals surface area contributed by atoms with Crippen LogP contribution in [-0.2, 0) is 6.42 Å². The molecule has 1 aromatic carbocycles. The van der Waals surface area contributed by atoms with Crippen LogP contribution >= 0.6 is 0 Å². The van der Waals surface area contributed by atoms with E-state index in [1.54, 1.807) is 26.6 Å². The maximum absolute atomic E-state index is 6.36. The summed E-state index contributed by atoms with van der Waals surface area (Å²) in [5.74, 6) is 0.760. The number of nitrogens with two attached hydrogens (primary N) is 1. The molecular formula is C19H20N4O2. The zero-order valence-corrected chi connectivity index (χ0v) is 14.2. The van der Waals surface area contributed by atoms with Crippen LogP contribution in [0.2, 0.25) is 0 Å². The van der Waals surface area contributed by atoms with E-state index in [-0.39, 0.29) is 12.1 Å². The molecule has 128 valence electrons. The van der Waals surface area contributed by atoms with E-state index in [1.165, 1.54) is 0 Å². The Bertz CT molecular complexity index is 840. The number of hydrogen-bond acceptors (Lipinski definition) is 6. The molecule has 0 amide bonds. The Kier molecular flexibility index (Phi) is 5.20. The summed E-state index contributed by atoms with van der Waals surface area (Å²) in [6.07, 6.45) is 4.18. The van der Waals surface area contributed by atoms with Crippen molar-refractivity contribution in [2.24, 2.45) is 5.73 Å². The van der Waals surface area contributed by atoms with Gasteiger partial charge in [-0.15, -0.1) is 0 Å². The molecule has 6 heteroatoms. The van der Waals surface area contributed by atoms with Gasteiger partial charge in [0.2, 0.25) is 0 Å². The highest BCUT2D eigenvalue weighted by molar-refractivity contribution is 5.62. The van der Waals surface area contributed by atoms with E-state index >= 15 is 0 Å². The Hall–Kier alpha value is -2.99. The van der Waals surface area contributed by atoms with Gasteiger partial charge in [0.05, 0.1) is 31.6 Å². The first-order valence-electron chi connectivity index (χ1n) is 7.91. The van der Waals surface area contributed by atoms with Crippen LogP contribution in [0.3, 0.4) is 0 Å². The van der Waals surface area contributed by atoms with Crippen molar-refractivity contribution in [3.05, 3.63) is 66.1 Å². The van der Waals surface area contributed by atoms with E-state index in [2.05, 4.69) is 15.0 Å². The van der Waals surface area contributed by atoms with Gasteiger partial charge >= 0.3 is 6.01 Å². The van der Waals surface area contributed by atoms with Crippen LogP contribution in [0.1, 0.15) is 17.3 Å². The van der Waals surface area contributed by atoms with Gasteiger partial charge in [-0.3, -0.25) is 4.98 Å². The van der Waals surface area contributed by atoms with Crippen LogP contribution < -0.4 is 15.2 Å². The summed E-state index contributed by atoms with van der Waals surface area (Å²) in [6, 6.07) is 13.5. The molecule has 2 heterocycles. The van der Waals surface area contributed by atoms with Crippen LogP contribution in [0.25, 0.3) is 11.3 Å². The largest absolute Gasteiger partial charge is 0.497 e. The molecule has 1 atom stereocenters. The Morgan fingerprint density at radius 3 is 2.64 bits per heavy atom. The summed E-state index contributed by atoms with van der Waals surface area (Å²) in [4.78, 5) is 13.0. The molecule has 0 aliphatic heterocycles. The van der Waals surface area contributed by atoms with Gasteiger partial charge in [0.25, 0.3) is 0 Å². The fourth-order valence-corrected chi connectivity index (χ4v) is 2.53. The Morgan fingerprint density at radius 2 is 1.92 bits per heavy atom. The normalized spacial score (nSPS) is 11.8. The van der Waals surface area contributed by atoms with Crippen molar-refractivity contribution in [1.82, 2.24) is 15.0 Å². The summed E-state index contributed by atoms with van der Waals surface area (Å²) in [5.41, 5.74) is 9.77. The summed E-state index contributed by atoms with van der Waals surface area (Å²) < 4.78 is 10.5. The highest BCUT2D eigenvalue weighted by Gasteiger charge is 2.14. The molecule has 0 aliphatic rings. The lowest BCUT2D eigenvalue weighted by atomic mass is 10.0. The van der Waals surface area contributed by atoms with E-state index in [4.69, 9.17) is 15.2 Å². The molecule has 2 aromatic heterocycles. The fraction of sp³-hybridized carbons (Fsp3) is 0.211. The van der Waals surface area contributed by atoms with Gasteiger partial charge in [-0.25, -0.2) is 0 Å². The molecule has 0 bridgehead atoms. The molecule has 3 aromatic rings. The predicted molar refractivity (Wildman–Crippen MR) is 95.4 cm³/mol. The highest BCUT2D eigenvalue weighted by atomic mass is 16.5. The van der Waals surface area contributed by atoms with Crippen LogP contribution in [0.5, 0.6) is 11.8 Å². The van der Waals surface area contributed by atoms with E-state index in [0.717, 1.165) is 22.6 Å². The lowest BCUT2D eigenvalue weighted by Gasteiger charge is -2.14. The average molecular weight is 336 g/mol. The summed E-state index contributed by atoms with van der Waals surface area (Å²) in [6.45, 7) is 0. The number of methoxy groups -OCH3 is 2. The second-order valence-corrected chi connectivity index (χ2v) is 5.57. The zero-order chi connectivity index (χ0) is 17.6. The number of rotatable bonds is 6. The fourth-order valence-electron chi connectivity index (χ4n) is 2.53. The Balaban J connectivity index is 1.94. The Morgan fingerprint density at radius 1 is 1.04 bits per heavy atom. The standard InChI is InChI=1S/C19H20N4O2/c1-24-15-7-3-6-14(10-15)17-11-18(23-19(22-17)25-2)16(20)9-13-5-4-8-21-12-13/h3-8,10-12,16H,9,20H2,1-2H3. The summed E-state index contributed by atoms with van der Waals surface area (Å²) in [7, 11) is 3.18. The number of hydrogen-bond donors (Lipinski definition) is 1. The number of benzene rings is 1. The first-order chi connectivity index (χ1) is 12.2. The van der Waals surface area contributed by atoms with E-state index in [1.807, 2.05) is 42.5 Å². The molecule has 0 saturated heterocycles. The molecule has 25 heavy (non-hydrogen) atoms. The minimum absolute atomic E-state index is 0.287. The lowest BCUT2D eigenvalue weighted by molar-refractivity contribution is 0.377. The van der Waals surface area contributed by atoms with Gasteiger partial charge in [0, 0.05) is 18.0 Å². The third kappa shape index (κ3) is 4.10. The second-order valence-electron chi connectivity index (χ2n) is 5.57. The minimum atomic E-state index is -0.287. The van der Waals surface area contributed by atoms with E-state index in [9.17, 15) is 0 Å². The molecule has 0 saturated carbocycles. The first-order valence-corrected chi connectivity index (χ1v) is 7.91. The van der Waals surface area contributed by atoms with E-state index < -0.39 is 0 Å². The van der Waals surface area contributed by atoms with Crippen molar-refractivity contribution in [3.8, 4) is 23.0 Å². The van der Waals surface area contributed by atoms with Crippen molar-refractivity contribution in [2.45, 2.75) is 12.5 Å². The molecule has 0 fully saturated rings. The van der Waals surface area contributed by atoms with Gasteiger partial charge in [0.15, 0.2) is 0 Å². The zero-order valence-electron chi connectivity index (χ0n) is 14.2. The third-order valence-corrected chi connectivity index (χ3v) is 3.83. The lowest BCUT2D eigenvalue weighted by Crippen LogP contribution is -2.16. The summed E-state index contributed by atoms with van der Waals surface area (Å²) >= 11 is 0. The van der Waals surface area contributed by atoms with Crippen LogP contribution in [-0.4, -0.2) is 29.2 Å². The number of nitrogens with zero attached hydrogens (tertiary/aromatic N) is 3. The molecule has 1 unspecified atom stereocenters. The van der Waals surface area contributed by atoms with Gasteiger partial charge in [-0.2, -0.15) is 9.97 Å². The van der Waals surface area contributed by atoms with Crippen molar-refractivity contribution >= 4 is 0 Å². The highest BCUT2D eigenvalue weighted by Crippen LogP contribution is 2.26. The van der Waals surface area contributed by atoms with Crippen molar-refractivity contribution in [1.29, 1.82) is 0 Å². The van der Waals surface area contributed by atoms with Crippen molar-refractivity contribution in [3.63, 3.8) is 0 Å². The van der Waals surface area contributed by atoms with Crippen molar-refractivity contribution < 1.29 is 9.47 Å². The van der Waals surface area contributed by atoms with Crippen molar-refractivity contribution in [2.75, 3.05) is 14.2 Å². The predicted octanol–water partition coefficient (Wildman–Crippen LogP) is 2.80. The molecule has 3 rings (SSSR count). The van der Waals surface area contributed by atoms with Gasteiger partial charge in [-0.1, -0.05) is 18.2 Å². The molecule has 2 N–H and O–H groups in total. The quantitative estimate of drug-likeness (QED) is 0.745. The van der Waals surface area contributed by atoms with Crippen LogP contribution in [0.4, 0.5) is 0 Å². The minimum Gasteiger partial charge on any atom is -0.497 e. The monoisotopic (exact) mass is 336 g/mol. The SMILES string of the molecule is COc1cccc(-c2cc(C(N)Cc3cccnc3)nc(OC)n2)c1. The first kappa shape index (κ1) is 16.9. The second kappa shape index (κ2) is 7.72. The topological polar surface area (TPSA) is 83.2 Å². The van der Waals surface area contributed by atoms with E-state index in [0.29, 0.717) is 12.1 Å². The average Bonchev–Trinajstić information content (AvgIpc) is 2.68. The van der Waals surface area contributed by atoms with Gasteiger partial charge < -0.3 is 15.2 Å². The molecular weight excluding hydrogens is 316 g/mol. The van der Waals surface area contributed by atoms with Gasteiger partial charge in [0.1, 0.15) is 5.75 Å². The van der Waals surface area contributed by atoms with Gasteiger partial charge in [-0.05, 0) is 36.2 Å². The maximum atomic E-state index is 6.36. The third-order valence-electron chi connectivity index (χ3n) is 3.83. The van der Waals surface area contributed by atoms with Crippen LogP contribution in [0, 0.1) is 0 Å². The molecule has 0 spiro atoms. The summed E-state index contributed by atoms with van der Waals surface area (Å²) in [5, 5.41) is 0. The smallest absolute Gasteiger partial charge is 0.316 e.